The highest BCUT2D eigenvalue weighted by atomic mass is 32.1. The number of nitrogens with one attached hydrogen (secondary N) is 2. The summed E-state index contributed by atoms with van der Waals surface area (Å²) in [6.45, 7) is 9.54. The van der Waals surface area contributed by atoms with Crippen molar-refractivity contribution in [3.8, 4) is 0 Å². The summed E-state index contributed by atoms with van der Waals surface area (Å²) in [6.07, 6.45) is 2.57. The highest BCUT2D eigenvalue weighted by Crippen LogP contribution is 2.26. The van der Waals surface area contributed by atoms with E-state index in [1.807, 2.05) is 11.3 Å². The molecule has 0 bridgehead atoms. The number of hydrogen-bond donors (Lipinski definition) is 2. The van der Waals surface area contributed by atoms with Crippen molar-refractivity contribution in [2.24, 2.45) is 4.99 Å². The van der Waals surface area contributed by atoms with Crippen LogP contribution in [0.1, 0.15) is 30.7 Å². The summed E-state index contributed by atoms with van der Waals surface area (Å²) in [6, 6.07) is 5.32. The third-order valence-electron chi connectivity index (χ3n) is 5.30. The van der Waals surface area contributed by atoms with E-state index in [-0.39, 0.29) is 0 Å². The number of thiophene rings is 1. The zero-order valence-electron chi connectivity index (χ0n) is 16.1. The lowest BCUT2D eigenvalue weighted by molar-refractivity contribution is 0.0186. The number of guanidine groups is 1. The minimum Gasteiger partial charge on any atom is -0.379 e. The first-order valence-electron chi connectivity index (χ1n) is 9.85. The minimum atomic E-state index is 0.337. The molecule has 26 heavy (non-hydrogen) atoms. The van der Waals surface area contributed by atoms with Crippen LogP contribution in [0.4, 0.5) is 0 Å². The summed E-state index contributed by atoms with van der Waals surface area (Å²) in [4.78, 5) is 11.3. The van der Waals surface area contributed by atoms with E-state index in [4.69, 9.17) is 9.73 Å². The highest BCUT2D eigenvalue weighted by molar-refractivity contribution is 7.10. The van der Waals surface area contributed by atoms with Crippen LogP contribution in [0.3, 0.4) is 0 Å². The number of ether oxygens (including phenoxy) is 1. The molecule has 2 unspecified atom stereocenters. The molecule has 1 aromatic rings. The number of nitrogens with zero attached hydrogens (tertiary/aromatic N) is 3. The molecule has 2 aliphatic rings. The van der Waals surface area contributed by atoms with Crippen molar-refractivity contribution in [1.82, 2.24) is 20.4 Å². The first-order valence-corrected chi connectivity index (χ1v) is 10.7. The average Bonchev–Trinajstić information content (AvgIpc) is 3.33. The fourth-order valence-corrected chi connectivity index (χ4v) is 4.58. The van der Waals surface area contributed by atoms with Crippen LogP contribution in [-0.2, 0) is 4.74 Å². The van der Waals surface area contributed by atoms with Crippen LogP contribution in [0.15, 0.2) is 22.5 Å². The molecule has 0 amide bonds. The molecule has 2 saturated heterocycles. The van der Waals surface area contributed by atoms with E-state index >= 15 is 0 Å². The maximum Gasteiger partial charge on any atom is 0.191 e. The van der Waals surface area contributed by atoms with E-state index in [1.165, 1.54) is 24.3 Å². The third-order valence-corrected chi connectivity index (χ3v) is 6.27. The number of hydrogen-bond acceptors (Lipinski definition) is 5. The molecule has 0 saturated carbocycles. The second kappa shape index (κ2) is 10.3. The first kappa shape index (κ1) is 19.6. The van der Waals surface area contributed by atoms with Crippen molar-refractivity contribution >= 4 is 17.3 Å². The van der Waals surface area contributed by atoms with Crippen LogP contribution >= 0.6 is 11.3 Å². The van der Waals surface area contributed by atoms with Gasteiger partial charge in [-0.2, -0.15) is 0 Å². The van der Waals surface area contributed by atoms with E-state index in [0.717, 1.165) is 51.9 Å². The lowest BCUT2D eigenvalue weighted by atomic mass is 10.2. The van der Waals surface area contributed by atoms with E-state index in [0.29, 0.717) is 12.1 Å². The number of morpholine rings is 1. The monoisotopic (exact) mass is 379 g/mol. The Morgan fingerprint density at radius 1 is 1.35 bits per heavy atom. The van der Waals surface area contributed by atoms with Gasteiger partial charge in [-0.25, -0.2) is 0 Å². The van der Waals surface area contributed by atoms with Gasteiger partial charge in [-0.3, -0.25) is 9.89 Å². The van der Waals surface area contributed by atoms with Gasteiger partial charge in [-0.1, -0.05) is 6.07 Å². The highest BCUT2D eigenvalue weighted by Gasteiger charge is 2.24. The Bertz CT molecular complexity index is 544. The van der Waals surface area contributed by atoms with Crippen molar-refractivity contribution in [1.29, 1.82) is 0 Å². The van der Waals surface area contributed by atoms with Gasteiger partial charge in [0.05, 0.1) is 25.8 Å². The van der Waals surface area contributed by atoms with Crippen LogP contribution in [0, 0.1) is 0 Å². The molecule has 0 spiro atoms. The summed E-state index contributed by atoms with van der Waals surface area (Å²) < 4.78 is 5.53. The van der Waals surface area contributed by atoms with E-state index < -0.39 is 0 Å². The molecule has 6 nitrogen and oxygen atoms in total. The van der Waals surface area contributed by atoms with Crippen molar-refractivity contribution < 1.29 is 4.74 Å². The second-order valence-corrected chi connectivity index (χ2v) is 8.04. The molecule has 7 heteroatoms. The lowest BCUT2D eigenvalue weighted by Gasteiger charge is -2.33. The predicted molar refractivity (Wildman–Crippen MR) is 109 cm³/mol. The molecular weight excluding hydrogens is 346 g/mol. The van der Waals surface area contributed by atoms with E-state index in [1.54, 1.807) is 0 Å². The van der Waals surface area contributed by atoms with Crippen molar-refractivity contribution in [2.75, 3.05) is 59.5 Å². The smallest absolute Gasteiger partial charge is 0.191 e. The maximum absolute atomic E-state index is 5.53. The number of likely N-dealkylation sites (N-methyl/N-ethyl adjacent to an activating group) is 1. The largest absolute Gasteiger partial charge is 0.379 e. The fraction of sp³-hybridized carbons (Fsp3) is 0.737. The van der Waals surface area contributed by atoms with Crippen molar-refractivity contribution in [2.45, 2.75) is 31.8 Å². The summed E-state index contributed by atoms with van der Waals surface area (Å²) in [5.74, 6) is 0.933. The maximum atomic E-state index is 5.53. The molecule has 2 atom stereocenters. The van der Waals surface area contributed by atoms with Gasteiger partial charge in [0.25, 0.3) is 0 Å². The Morgan fingerprint density at radius 2 is 2.19 bits per heavy atom. The molecule has 146 valence electrons. The molecule has 2 aliphatic heterocycles. The summed E-state index contributed by atoms with van der Waals surface area (Å²) in [5, 5.41) is 9.12. The summed E-state index contributed by atoms with van der Waals surface area (Å²) >= 11 is 1.82. The molecule has 0 aliphatic carbocycles. The molecular formula is C19H33N5OS. The van der Waals surface area contributed by atoms with Crippen LogP contribution in [0.25, 0.3) is 0 Å². The number of aliphatic imine (C=N–C) groups is 1. The van der Waals surface area contributed by atoms with Crippen LogP contribution in [0.5, 0.6) is 0 Å². The van der Waals surface area contributed by atoms with Gasteiger partial charge in [0, 0.05) is 37.1 Å². The zero-order chi connectivity index (χ0) is 18.2. The molecule has 2 N–H and O–H groups in total. The molecule has 3 rings (SSSR count). The normalized spacial score (nSPS) is 23.9. The average molecular weight is 380 g/mol. The molecule has 2 fully saturated rings. The Kier molecular flexibility index (Phi) is 7.73. The Hall–Kier alpha value is -1.15. The fourth-order valence-electron chi connectivity index (χ4n) is 3.73. The summed E-state index contributed by atoms with van der Waals surface area (Å²) in [5.41, 5.74) is 0. The van der Waals surface area contributed by atoms with E-state index in [9.17, 15) is 0 Å². The van der Waals surface area contributed by atoms with E-state index in [2.05, 4.69) is 51.9 Å². The molecule has 1 aromatic heterocycles. The quantitative estimate of drug-likeness (QED) is 0.559. The Balaban J connectivity index is 1.62. The van der Waals surface area contributed by atoms with Gasteiger partial charge >= 0.3 is 0 Å². The molecule has 0 aromatic carbocycles. The zero-order valence-corrected chi connectivity index (χ0v) is 16.9. The number of likely N-dealkylation sites (tertiary alicyclic amines) is 1. The van der Waals surface area contributed by atoms with Crippen molar-refractivity contribution in [3.63, 3.8) is 0 Å². The molecule has 0 radical (unpaired) electrons. The predicted octanol–water partition coefficient (Wildman–Crippen LogP) is 1.77. The number of rotatable bonds is 7. The van der Waals surface area contributed by atoms with Crippen LogP contribution in [0.2, 0.25) is 0 Å². The molecule has 3 heterocycles. The minimum absolute atomic E-state index is 0.337. The van der Waals surface area contributed by atoms with Crippen LogP contribution in [-0.4, -0.2) is 81.3 Å². The first-order chi connectivity index (χ1) is 12.8. The Labute approximate surface area is 161 Å². The van der Waals surface area contributed by atoms with Gasteiger partial charge in [-0.05, 0) is 44.8 Å². The van der Waals surface area contributed by atoms with Crippen molar-refractivity contribution in [3.05, 3.63) is 22.4 Å². The third kappa shape index (κ3) is 5.42. The Morgan fingerprint density at radius 3 is 2.85 bits per heavy atom. The summed E-state index contributed by atoms with van der Waals surface area (Å²) in [7, 11) is 2.22. The topological polar surface area (TPSA) is 52.1 Å². The standard InChI is InChI=1S/C19H33N5OS/c1-3-20-19(21-14-16-6-4-8-23(16)2)22-15-17(18-7-5-13-26-18)24-9-11-25-12-10-24/h5,7,13,16-17H,3-4,6,8-12,14-15H2,1-2H3,(H2,20,21,22). The van der Waals surface area contributed by atoms with Gasteiger partial charge in [0.15, 0.2) is 5.96 Å². The second-order valence-electron chi connectivity index (χ2n) is 7.06. The lowest BCUT2D eigenvalue weighted by Crippen LogP contribution is -2.45. The SMILES string of the molecule is CCNC(=NCC(c1cccs1)N1CCOCC1)NCC1CCCN1C. The van der Waals surface area contributed by atoms with Gasteiger partial charge in [-0.15, -0.1) is 11.3 Å². The van der Waals surface area contributed by atoms with Gasteiger partial charge in [0.2, 0.25) is 0 Å². The van der Waals surface area contributed by atoms with Gasteiger partial charge in [0.1, 0.15) is 0 Å². The van der Waals surface area contributed by atoms with Gasteiger partial charge < -0.3 is 20.3 Å². The van der Waals surface area contributed by atoms with Crippen LogP contribution < -0.4 is 10.6 Å².